The molecule has 0 unspecified atom stereocenters. The van der Waals surface area contributed by atoms with E-state index in [9.17, 15) is 4.79 Å². The molecule has 0 amide bonds. The molecule has 4 heteroatoms. The monoisotopic (exact) mass is 311 g/mol. The molecule has 4 nitrogen and oxygen atoms in total. The van der Waals surface area contributed by atoms with Crippen molar-refractivity contribution in [3.8, 4) is 0 Å². The van der Waals surface area contributed by atoms with Gasteiger partial charge in [0, 0.05) is 35.8 Å². The smallest absolute Gasteiger partial charge is 0.181 e. The van der Waals surface area contributed by atoms with Crippen LogP contribution in [0.15, 0.2) is 35.4 Å². The summed E-state index contributed by atoms with van der Waals surface area (Å²) in [5.74, 6) is 0. The standard InChI is InChI=1S/C19H25N3O/c1-4-21(5-2)9-6-10-22-17-12-15(23)11-14(3)19(17)16-7-8-20-13-18(16)22/h7-8,11-13,20H,4-6,9-10H2,1-3H3. The summed E-state index contributed by atoms with van der Waals surface area (Å²) in [5.41, 5.74) is 3.39. The van der Waals surface area contributed by atoms with Crippen LogP contribution in [-0.2, 0) is 6.54 Å². The van der Waals surface area contributed by atoms with E-state index in [1.807, 2.05) is 19.3 Å². The third-order valence-electron chi connectivity index (χ3n) is 4.73. The van der Waals surface area contributed by atoms with Crippen LogP contribution in [0.4, 0.5) is 0 Å². The van der Waals surface area contributed by atoms with Crippen molar-refractivity contribution in [1.29, 1.82) is 0 Å². The van der Waals surface area contributed by atoms with Crippen LogP contribution in [-0.4, -0.2) is 34.1 Å². The normalized spacial score (nSPS) is 11.8. The zero-order valence-corrected chi connectivity index (χ0v) is 14.2. The number of benzene rings is 1. The van der Waals surface area contributed by atoms with E-state index in [4.69, 9.17) is 0 Å². The number of fused-ring (bicyclic) bond motifs is 3. The maximum absolute atomic E-state index is 12.0. The Hall–Kier alpha value is -2.07. The van der Waals surface area contributed by atoms with Gasteiger partial charge in [-0.2, -0.15) is 0 Å². The lowest BCUT2D eigenvalue weighted by molar-refractivity contribution is 0.294. The number of aromatic nitrogens is 2. The molecule has 2 heterocycles. The molecule has 122 valence electrons. The van der Waals surface area contributed by atoms with E-state index in [1.165, 1.54) is 16.3 Å². The van der Waals surface area contributed by atoms with Crippen molar-refractivity contribution in [3.63, 3.8) is 0 Å². The van der Waals surface area contributed by atoms with Gasteiger partial charge in [-0.1, -0.05) is 13.8 Å². The van der Waals surface area contributed by atoms with Gasteiger partial charge in [0.25, 0.3) is 0 Å². The molecule has 0 bridgehead atoms. The van der Waals surface area contributed by atoms with Crippen LogP contribution in [0.25, 0.3) is 21.8 Å². The lowest BCUT2D eigenvalue weighted by atomic mass is 10.1. The van der Waals surface area contributed by atoms with Crippen LogP contribution < -0.4 is 5.43 Å². The number of nitrogens with zero attached hydrogens (tertiary/aromatic N) is 2. The number of aryl methyl sites for hydroxylation is 2. The second-order valence-electron chi connectivity index (χ2n) is 6.11. The zero-order chi connectivity index (χ0) is 16.4. The molecule has 0 radical (unpaired) electrons. The molecule has 1 aromatic carbocycles. The van der Waals surface area contributed by atoms with E-state index in [0.717, 1.165) is 43.7 Å². The van der Waals surface area contributed by atoms with Crippen molar-refractivity contribution in [2.45, 2.75) is 33.7 Å². The van der Waals surface area contributed by atoms with Gasteiger partial charge in [-0.15, -0.1) is 0 Å². The van der Waals surface area contributed by atoms with Gasteiger partial charge in [0.15, 0.2) is 5.43 Å². The molecule has 23 heavy (non-hydrogen) atoms. The Balaban J connectivity index is 2.05. The molecule has 0 aliphatic rings. The van der Waals surface area contributed by atoms with Crippen molar-refractivity contribution in [3.05, 3.63) is 46.4 Å². The van der Waals surface area contributed by atoms with Crippen molar-refractivity contribution in [2.24, 2.45) is 0 Å². The number of hydrogen-bond donors (Lipinski definition) is 1. The average molecular weight is 311 g/mol. The summed E-state index contributed by atoms with van der Waals surface area (Å²) in [6.07, 6.45) is 5.07. The number of rotatable bonds is 6. The third kappa shape index (κ3) is 2.91. The summed E-state index contributed by atoms with van der Waals surface area (Å²) in [6.45, 7) is 10.6. The number of hydrogen-bond acceptors (Lipinski definition) is 2. The van der Waals surface area contributed by atoms with Gasteiger partial charge < -0.3 is 14.5 Å². The van der Waals surface area contributed by atoms with Gasteiger partial charge in [0.2, 0.25) is 0 Å². The minimum Gasteiger partial charge on any atom is -0.366 e. The summed E-state index contributed by atoms with van der Waals surface area (Å²) < 4.78 is 2.29. The molecule has 1 N–H and O–H groups in total. The highest BCUT2D eigenvalue weighted by Crippen LogP contribution is 2.29. The van der Waals surface area contributed by atoms with Gasteiger partial charge in [-0.05, 0) is 50.7 Å². The Kier molecular flexibility index (Phi) is 4.53. The van der Waals surface area contributed by atoms with E-state index in [2.05, 4.69) is 34.4 Å². The molecule has 3 aromatic rings. The largest absolute Gasteiger partial charge is 0.366 e. The molecular formula is C19H25N3O. The lowest BCUT2D eigenvalue weighted by Crippen LogP contribution is -2.24. The molecule has 0 atom stereocenters. The number of pyridine rings is 1. The Labute approximate surface area is 136 Å². The van der Waals surface area contributed by atoms with E-state index in [-0.39, 0.29) is 5.43 Å². The highest BCUT2D eigenvalue weighted by molar-refractivity contribution is 6.09. The molecule has 2 aromatic heterocycles. The quantitative estimate of drug-likeness (QED) is 0.756. The van der Waals surface area contributed by atoms with Gasteiger partial charge in [0.1, 0.15) is 0 Å². The minimum absolute atomic E-state index is 0.0896. The lowest BCUT2D eigenvalue weighted by Gasteiger charge is -2.18. The molecule has 3 rings (SSSR count). The van der Waals surface area contributed by atoms with Crippen molar-refractivity contribution in [2.75, 3.05) is 19.6 Å². The van der Waals surface area contributed by atoms with Gasteiger partial charge in [-0.3, -0.25) is 4.79 Å². The summed E-state index contributed by atoms with van der Waals surface area (Å²) in [7, 11) is 0. The molecular weight excluding hydrogens is 286 g/mol. The molecule has 0 aliphatic carbocycles. The second-order valence-corrected chi connectivity index (χ2v) is 6.11. The Morgan fingerprint density at radius 2 is 1.96 bits per heavy atom. The number of nitrogens with one attached hydrogen (secondary N) is 1. The summed E-state index contributed by atoms with van der Waals surface area (Å²) in [5, 5.41) is 2.43. The maximum Gasteiger partial charge on any atom is 0.181 e. The fourth-order valence-electron chi connectivity index (χ4n) is 3.52. The Morgan fingerprint density at radius 3 is 2.70 bits per heavy atom. The Morgan fingerprint density at radius 1 is 1.17 bits per heavy atom. The van der Waals surface area contributed by atoms with Crippen LogP contribution >= 0.6 is 0 Å². The Bertz CT molecular complexity index is 871. The molecule has 0 spiro atoms. The zero-order valence-electron chi connectivity index (χ0n) is 14.2. The number of H-pyrrole nitrogens is 1. The van der Waals surface area contributed by atoms with Crippen molar-refractivity contribution >= 4 is 21.8 Å². The fraction of sp³-hybridized carbons (Fsp3) is 0.421. The van der Waals surface area contributed by atoms with Crippen molar-refractivity contribution < 1.29 is 0 Å². The number of aromatic amines is 1. The molecule has 0 saturated heterocycles. The van der Waals surface area contributed by atoms with Gasteiger partial charge >= 0.3 is 0 Å². The highest BCUT2D eigenvalue weighted by atomic mass is 16.1. The first-order chi connectivity index (χ1) is 11.2. The first-order valence-corrected chi connectivity index (χ1v) is 8.47. The van der Waals surface area contributed by atoms with Crippen molar-refractivity contribution in [1.82, 2.24) is 14.5 Å². The molecule has 0 aliphatic heterocycles. The highest BCUT2D eigenvalue weighted by Gasteiger charge is 2.13. The topological polar surface area (TPSA) is 41.0 Å². The van der Waals surface area contributed by atoms with Crippen LogP contribution in [0.2, 0.25) is 0 Å². The minimum atomic E-state index is 0.0896. The molecule has 0 fully saturated rings. The summed E-state index contributed by atoms with van der Waals surface area (Å²) in [6, 6.07) is 5.62. The van der Waals surface area contributed by atoms with Crippen LogP contribution in [0.1, 0.15) is 25.8 Å². The third-order valence-corrected chi connectivity index (χ3v) is 4.73. The second kappa shape index (κ2) is 6.59. The van der Waals surface area contributed by atoms with E-state index >= 15 is 0 Å². The predicted octanol–water partition coefficient (Wildman–Crippen LogP) is 3.52. The van der Waals surface area contributed by atoms with E-state index < -0.39 is 0 Å². The fourth-order valence-corrected chi connectivity index (χ4v) is 3.52. The average Bonchev–Trinajstić information content (AvgIpc) is 2.85. The van der Waals surface area contributed by atoms with Gasteiger partial charge in [0.05, 0.1) is 11.0 Å². The summed E-state index contributed by atoms with van der Waals surface area (Å²) >= 11 is 0. The van der Waals surface area contributed by atoms with E-state index in [0.29, 0.717) is 0 Å². The first kappa shape index (κ1) is 15.8. The predicted molar refractivity (Wildman–Crippen MR) is 97.2 cm³/mol. The summed E-state index contributed by atoms with van der Waals surface area (Å²) in [4.78, 5) is 17.6. The molecule has 0 saturated carbocycles. The van der Waals surface area contributed by atoms with Crippen LogP contribution in [0, 0.1) is 6.92 Å². The SMILES string of the molecule is CCN(CC)CCCn1c2c[nH]ccc2c2c(C)cc(=O)cc21. The van der Waals surface area contributed by atoms with E-state index in [1.54, 1.807) is 12.1 Å². The van der Waals surface area contributed by atoms with Crippen LogP contribution in [0.5, 0.6) is 0 Å². The van der Waals surface area contributed by atoms with Crippen LogP contribution in [0.3, 0.4) is 0 Å². The first-order valence-electron chi connectivity index (χ1n) is 8.47. The maximum atomic E-state index is 12.0. The van der Waals surface area contributed by atoms with Gasteiger partial charge in [-0.25, -0.2) is 0 Å².